The molecule has 1 aliphatic heterocycles. The molecule has 1 fully saturated rings. The molecular weight excluding hydrogens is 518 g/mol. The zero-order valence-electron chi connectivity index (χ0n) is 19.8. The summed E-state index contributed by atoms with van der Waals surface area (Å²) in [6, 6.07) is 5.74. The van der Waals surface area contributed by atoms with Crippen molar-refractivity contribution in [3.8, 4) is 0 Å². The van der Waals surface area contributed by atoms with Gasteiger partial charge in [-0.3, -0.25) is 14.5 Å². The molecule has 0 bridgehead atoms. The minimum Gasteiger partial charge on any atom is -0.481 e. The molecule has 2 atom stereocenters. The Morgan fingerprint density at radius 1 is 1.22 bits per heavy atom. The van der Waals surface area contributed by atoms with Crippen LogP contribution in [0.2, 0.25) is 10.0 Å². The fourth-order valence-electron chi connectivity index (χ4n) is 4.85. The van der Waals surface area contributed by atoms with Crippen molar-refractivity contribution in [3.63, 3.8) is 0 Å². The molecular formula is C25H24Cl2F3N3O3. The van der Waals surface area contributed by atoms with E-state index in [1.54, 1.807) is 12.1 Å². The maximum atomic E-state index is 13.6. The van der Waals surface area contributed by atoms with Gasteiger partial charge in [0.2, 0.25) is 5.78 Å². The molecule has 11 heteroatoms. The van der Waals surface area contributed by atoms with Crippen LogP contribution in [0.5, 0.6) is 0 Å². The Balaban J connectivity index is 1.68. The number of carbonyl (C=O) groups excluding carboxylic acids is 1. The Labute approximate surface area is 215 Å². The van der Waals surface area contributed by atoms with Crippen molar-refractivity contribution < 1.29 is 27.9 Å². The van der Waals surface area contributed by atoms with Gasteiger partial charge < -0.3 is 9.67 Å². The van der Waals surface area contributed by atoms with Crippen molar-refractivity contribution in [1.82, 2.24) is 14.5 Å². The number of halogens is 5. The summed E-state index contributed by atoms with van der Waals surface area (Å²) in [6.07, 6.45) is -4.11. The van der Waals surface area contributed by atoms with Crippen LogP contribution < -0.4 is 0 Å². The molecule has 36 heavy (non-hydrogen) atoms. The Morgan fingerprint density at radius 2 is 1.92 bits per heavy atom. The van der Waals surface area contributed by atoms with E-state index in [0.29, 0.717) is 42.6 Å². The van der Waals surface area contributed by atoms with Crippen molar-refractivity contribution >= 4 is 46.0 Å². The molecule has 3 aromatic rings. The number of fused-ring (bicyclic) bond motifs is 1. The third-order valence-electron chi connectivity index (χ3n) is 6.83. The molecule has 1 N–H and O–H groups in total. The van der Waals surface area contributed by atoms with Crippen LogP contribution in [0.25, 0.3) is 11.0 Å². The lowest BCUT2D eigenvalue weighted by molar-refractivity contribution is -0.145. The zero-order chi connectivity index (χ0) is 26.5. The van der Waals surface area contributed by atoms with Crippen LogP contribution in [-0.4, -0.2) is 44.4 Å². The van der Waals surface area contributed by atoms with Gasteiger partial charge in [-0.1, -0.05) is 36.2 Å². The van der Waals surface area contributed by atoms with Gasteiger partial charge in [0.1, 0.15) is 11.3 Å². The minimum atomic E-state index is -4.62. The van der Waals surface area contributed by atoms with Crippen molar-refractivity contribution in [2.24, 2.45) is 18.9 Å². The maximum absolute atomic E-state index is 13.6. The Hall–Kier alpha value is -2.62. The van der Waals surface area contributed by atoms with Gasteiger partial charge in [-0.2, -0.15) is 13.2 Å². The molecule has 0 amide bonds. The number of aryl methyl sites for hydroxylation is 2. The summed E-state index contributed by atoms with van der Waals surface area (Å²) in [5.74, 6) is -1.78. The minimum absolute atomic E-state index is 0.0318. The van der Waals surface area contributed by atoms with Gasteiger partial charge in [0, 0.05) is 25.5 Å². The van der Waals surface area contributed by atoms with Crippen LogP contribution in [0.1, 0.15) is 46.2 Å². The smallest absolute Gasteiger partial charge is 0.433 e. The number of aliphatic carboxylic acids is 1. The quantitative estimate of drug-likeness (QED) is 0.402. The van der Waals surface area contributed by atoms with Crippen LogP contribution in [0, 0.1) is 18.8 Å². The van der Waals surface area contributed by atoms with E-state index < -0.39 is 29.5 Å². The van der Waals surface area contributed by atoms with Gasteiger partial charge in [0.05, 0.1) is 27.2 Å². The number of carbonyl (C=O) groups is 2. The predicted molar refractivity (Wildman–Crippen MR) is 131 cm³/mol. The van der Waals surface area contributed by atoms with Crippen LogP contribution in [-0.2, 0) is 24.6 Å². The third-order valence-corrected chi connectivity index (χ3v) is 7.57. The number of carboxylic acid groups (broad SMARTS) is 1. The second-order valence-corrected chi connectivity index (χ2v) is 10.1. The molecule has 2 aromatic heterocycles. The van der Waals surface area contributed by atoms with Crippen LogP contribution in [0.4, 0.5) is 13.2 Å². The summed E-state index contributed by atoms with van der Waals surface area (Å²) in [5, 5.41) is 10.1. The summed E-state index contributed by atoms with van der Waals surface area (Å²) in [5.41, 5.74) is 0.154. The summed E-state index contributed by atoms with van der Waals surface area (Å²) in [6.45, 7) is 4.96. The monoisotopic (exact) mass is 541 g/mol. The first kappa shape index (κ1) is 26.4. The van der Waals surface area contributed by atoms with Gasteiger partial charge in [-0.15, -0.1) is 0 Å². The maximum Gasteiger partial charge on any atom is 0.433 e. The molecule has 0 aliphatic carbocycles. The number of hydrogen-bond acceptors (Lipinski definition) is 4. The number of aromatic nitrogens is 2. The van der Waals surface area contributed by atoms with E-state index >= 15 is 0 Å². The van der Waals surface area contributed by atoms with Crippen molar-refractivity contribution in [2.75, 3.05) is 13.1 Å². The summed E-state index contributed by atoms with van der Waals surface area (Å²) in [7, 11) is 1.47. The van der Waals surface area contributed by atoms with E-state index in [0.717, 1.165) is 6.07 Å². The van der Waals surface area contributed by atoms with Crippen LogP contribution in [0.3, 0.4) is 0 Å². The first-order valence-electron chi connectivity index (χ1n) is 11.3. The van der Waals surface area contributed by atoms with Gasteiger partial charge >= 0.3 is 12.1 Å². The molecule has 1 aliphatic rings. The molecule has 192 valence electrons. The first-order chi connectivity index (χ1) is 16.8. The molecule has 3 heterocycles. The number of nitrogens with zero attached hydrogens (tertiary/aromatic N) is 3. The molecule has 0 unspecified atom stereocenters. The van der Waals surface area contributed by atoms with Crippen molar-refractivity contribution in [1.29, 1.82) is 0 Å². The number of likely N-dealkylation sites (tertiary alicyclic amines) is 1. The highest BCUT2D eigenvalue weighted by molar-refractivity contribution is 6.41. The number of carboxylic acids is 1. The number of hydrogen-bond donors (Lipinski definition) is 1. The highest BCUT2D eigenvalue weighted by Gasteiger charge is 2.34. The normalized spacial score (nSPS) is 19.1. The molecule has 0 saturated carbocycles. The lowest BCUT2D eigenvalue weighted by atomic mass is 9.87. The van der Waals surface area contributed by atoms with Gasteiger partial charge in [0.15, 0.2) is 0 Å². The second-order valence-electron chi connectivity index (χ2n) is 9.32. The Bertz CT molecular complexity index is 1370. The van der Waals surface area contributed by atoms with E-state index in [1.807, 2.05) is 6.92 Å². The first-order valence-corrected chi connectivity index (χ1v) is 12.1. The van der Waals surface area contributed by atoms with E-state index in [-0.39, 0.29) is 32.9 Å². The lowest BCUT2D eigenvalue weighted by Gasteiger charge is -2.35. The number of rotatable bonds is 5. The molecule has 1 aromatic carbocycles. The highest BCUT2D eigenvalue weighted by atomic mass is 35.5. The van der Waals surface area contributed by atoms with Gasteiger partial charge in [-0.05, 0) is 55.1 Å². The van der Waals surface area contributed by atoms with E-state index in [2.05, 4.69) is 9.88 Å². The average Bonchev–Trinajstić information content (AvgIpc) is 3.12. The Morgan fingerprint density at radius 3 is 2.53 bits per heavy atom. The van der Waals surface area contributed by atoms with Crippen LogP contribution >= 0.6 is 23.2 Å². The fourth-order valence-corrected chi connectivity index (χ4v) is 5.45. The summed E-state index contributed by atoms with van der Waals surface area (Å²) < 4.78 is 41.2. The molecule has 0 radical (unpaired) electrons. The summed E-state index contributed by atoms with van der Waals surface area (Å²) in [4.78, 5) is 30.8. The van der Waals surface area contributed by atoms with Crippen molar-refractivity contribution in [3.05, 3.63) is 62.4 Å². The summed E-state index contributed by atoms with van der Waals surface area (Å²) >= 11 is 13.0. The number of pyridine rings is 1. The average molecular weight is 542 g/mol. The van der Waals surface area contributed by atoms with E-state index in [9.17, 15) is 27.9 Å². The van der Waals surface area contributed by atoms with E-state index in [1.165, 1.54) is 24.6 Å². The predicted octanol–water partition coefficient (Wildman–Crippen LogP) is 5.98. The standard InChI is InChI=1S/C25H24Cl2F3N3O3/c1-12-8-19(25(28,29)30)31-23-16(12)9-18(32(23)3)22(34)20-17(26)5-4-14(21(20)27)11-33-7-6-15(24(35)36)13(2)10-33/h4-5,8-9,13,15H,6-7,10-11H2,1-3H3,(H,35,36)/t13-,15+/m0/s1. The molecule has 6 nitrogen and oxygen atoms in total. The van der Waals surface area contributed by atoms with Gasteiger partial charge in [-0.25, -0.2) is 4.98 Å². The molecule has 0 spiro atoms. The molecule has 1 saturated heterocycles. The zero-order valence-corrected chi connectivity index (χ0v) is 21.3. The number of ketones is 1. The van der Waals surface area contributed by atoms with Crippen LogP contribution in [0.15, 0.2) is 24.3 Å². The topological polar surface area (TPSA) is 75.4 Å². The number of alkyl halides is 3. The largest absolute Gasteiger partial charge is 0.481 e. The highest BCUT2D eigenvalue weighted by Crippen LogP contribution is 2.35. The Kier molecular flexibility index (Phi) is 7.11. The van der Waals surface area contributed by atoms with Gasteiger partial charge in [0.25, 0.3) is 0 Å². The number of piperidine rings is 1. The SMILES string of the molecule is Cc1cc(C(F)(F)F)nc2c1cc(C(=O)c1c(Cl)ccc(CN3CC[C@@H](C(=O)O)[C@@H](C)C3)c1Cl)n2C. The lowest BCUT2D eigenvalue weighted by Crippen LogP contribution is -2.41. The fraction of sp³-hybridized carbons (Fsp3) is 0.400. The third kappa shape index (κ3) is 4.84. The van der Waals surface area contributed by atoms with Crippen molar-refractivity contribution in [2.45, 2.75) is 33.0 Å². The van der Waals surface area contributed by atoms with E-state index in [4.69, 9.17) is 23.2 Å². The molecule has 4 rings (SSSR count). The number of benzene rings is 1. The second kappa shape index (κ2) is 9.68.